The molecule has 0 heterocycles. The van der Waals surface area contributed by atoms with Crippen LogP contribution in [0.25, 0.3) is 0 Å². The van der Waals surface area contributed by atoms with Crippen LogP contribution in [0.5, 0.6) is 0 Å². The Labute approximate surface area is 234 Å². The third-order valence-electron chi connectivity index (χ3n) is 6.75. The van der Waals surface area contributed by atoms with Gasteiger partial charge < -0.3 is 14.6 Å². The van der Waals surface area contributed by atoms with Crippen molar-refractivity contribution in [3.63, 3.8) is 0 Å². The second kappa shape index (κ2) is 29.9. The molecule has 38 heavy (non-hydrogen) atoms. The van der Waals surface area contributed by atoms with Crippen LogP contribution in [0.15, 0.2) is 24.3 Å². The van der Waals surface area contributed by atoms with E-state index in [1.807, 2.05) is 0 Å². The number of esters is 2. The zero-order chi connectivity index (χ0) is 27.9. The Kier molecular flexibility index (Phi) is 28.7. The van der Waals surface area contributed by atoms with Gasteiger partial charge in [-0.15, -0.1) is 0 Å². The lowest BCUT2D eigenvalue weighted by atomic mass is 10.1. The highest BCUT2D eigenvalue weighted by Gasteiger charge is 2.16. The molecule has 1 atom stereocenters. The monoisotopic (exact) mass is 536 g/mol. The van der Waals surface area contributed by atoms with Gasteiger partial charge in [-0.25, -0.2) is 0 Å². The van der Waals surface area contributed by atoms with Crippen LogP contribution >= 0.6 is 0 Å². The SMILES string of the molecule is CCCCC/C=C\C/C=C\CCCCCCCC(=O)OCC(CO)OC(=O)CCCCCCCCCCC. The molecule has 5 heteroatoms. The quantitative estimate of drug-likeness (QED) is 0.0613. The Balaban J connectivity index is 3.61. The predicted molar refractivity (Wildman–Crippen MR) is 159 cm³/mol. The van der Waals surface area contributed by atoms with Gasteiger partial charge in [-0.3, -0.25) is 9.59 Å². The number of ether oxygens (including phenoxy) is 2. The molecular weight excluding hydrogens is 476 g/mol. The normalized spacial score (nSPS) is 12.4. The topological polar surface area (TPSA) is 72.8 Å². The van der Waals surface area contributed by atoms with E-state index < -0.39 is 6.10 Å². The number of aliphatic hydroxyl groups is 1. The average molecular weight is 537 g/mol. The standard InChI is InChI=1S/C33H60O5/c1-3-5-7-9-11-13-14-15-16-17-18-20-21-23-25-27-32(35)37-30-31(29-34)38-33(36)28-26-24-22-19-12-10-8-6-4-2/h11,13,15-16,31,34H,3-10,12,14,17-30H2,1-2H3/b13-11-,16-15-. The highest BCUT2D eigenvalue weighted by Crippen LogP contribution is 2.12. The maximum atomic E-state index is 12.0. The summed E-state index contributed by atoms with van der Waals surface area (Å²) < 4.78 is 10.5. The second-order valence-electron chi connectivity index (χ2n) is 10.5. The van der Waals surface area contributed by atoms with Crippen molar-refractivity contribution in [3.05, 3.63) is 24.3 Å². The van der Waals surface area contributed by atoms with Crippen LogP contribution in [0.3, 0.4) is 0 Å². The van der Waals surface area contributed by atoms with Gasteiger partial charge in [0.2, 0.25) is 0 Å². The number of allylic oxidation sites excluding steroid dienone is 4. The molecule has 0 aliphatic carbocycles. The molecule has 222 valence electrons. The lowest BCUT2D eigenvalue weighted by molar-refractivity contribution is -0.161. The maximum Gasteiger partial charge on any atom is 0.306 e. The third kappa shape index (κ3) is 27.4. The summed E-state index contributed by atoms with van der Waals surface area (Å²) in [6, 6.07) is 0. The minimum atomic E-state index is -0.769. The van der Waals surface area contributed by atoms with Gasteiger partial charge in [-0.1, -0.05) is 122 Å². The summed E-state index contributed by atoms with van der Waals surface area (Å²) in [5.74, 6) is -0.610. The molecule has 0 bridgehead atoms. The number of hydrogen-bond donors (Lipinski definition) is 1. The van der Waals surface area contributed by atoms with E-state index in [9.17, 15) is 14.7 Å². The van der Waals surface area contributed by atoms with E-state index in [-0.39, 0.29) is 25.2 Å². The van der Waals surface area contributed by atoms with Crippen LogP contribution in [-0.2, 0) is 19.1 Å². The van der Waals surface area contributed by atoms with Crippen LogP contribution in [0.4, 0.5) is 0 Å². The zero-order valence-corrected chi connectivity index (χ0v) is 24.9. The van der Waals surface area contributed by atoms with Crippen molar-refractivity contribution in [2.24, 2.45) is 0 Å². The summed E-state index contributed by atoms with van der Waals surface area (Å²) in [4.78, 5) is 24.0. The molecule has 0 aromatic rings. The molecular formula is C33H60O5. The molecule has 0 aromatic heterocycles. The maximum absolute atomic E-state index is 12.0. The minimum absolute atomic E-state index is 0.0703. The Bertz CT molecular complexity index is 584. The Hall–Kier alpha value is -1.62. The first-order valence-electron chi connectivity index (χ1n) is 15.9. The predicted octanol–water partition coefficient (Wildman–Crippen LogP) is 9.17. The van der Waals surface area contributed by atoms with E-state index in [1.54, 1.807) is 0 Å². The van der Waals surface area contributed by atoms with Gasteiger partial charge in [-0.2, -0.15) is 0 Å². The molecule has 0 saturated carbocycles. The first kappa shape index (κ1) is 36.4. The summed E-state index contributed by atoms with van der Waals surface area (Å²) >= 11 is 0. The average Bonchev–Trinajstić information content (AvgIpc) is 2.92. The highest BCUT2D eigenvalue weighted by molar-refractivity contribution is 5.70. The Morgan fingerprint density at radius 1 is 0.605 bits per heavy atom. The first-order valence-corrected chi connectivity index (χ1v) is 15.9. The fourth-order valence-electron chi connectivity index (χ4n) is 4.29. The van der Waals surface area contributed by atoms with Crippen molar-refractivity contribution < 1.29 is 24.2 Å². The smallest absolute Gasteiger partial charge is 0.306 e. The molecule has 1 N–H and O–H groups in total. The van der Waals surface area contributed by atoms with E-state index >= 15 is 0 Å². The zero-order valence-electron chi connectivity index (χ0n) is 24.9. The van der Waals surface area contributed by atoms with Gasteiger partial charge >= 0.3 is 11.9 Å². The molecule has 0 aliphatic heterocycles. The summed E-state index contributed by atoms with van der Waals surface area (Å²) in [5, 5.41) is 9.46. The van der Waals surface area contributed by atoms with Crippen molar-refractivity contribution in [1.82, 2.24) is 0 Å². The summed E-state index contributed by atoms with van der Waals surface area (Å²) in [7, 11) is 0. The summed E-state index contributed by atoms with van der Waals surface area (Å²) in [5.41, 5.74) is 0. The number of unbranched alkanes of at least 4 members (excludes halogenated alkanes) is 16. The molecule has 0 saturated heterocycles. The van der Waals surface area contributed by atoms with Gasteiger partial charge in [0.05, 0.1) is 6.61 Å². The van der Waals surface area contributed by atoms with Crippen LogP contribution in [0.2, 0.25) is 0 Å². The van der Waals surface area contributed by atoms with E-state index in [0.29, 0.717) is 12.8 Å². The molecule has 0 amide bonds. The van der Waals surface area contributed by atoms with Crippen LogP contribution in [0.1, 0.15) is 155 Å². The fraction of sp³-hybridized carbons (Fsp3) is 0.818. The summed E-state index contributed by atoms with van der Waals surface area (Å²) in [6.07, 6.45) is 32.3. The van der Waals surface area contributed by atoms with E-state index in [2.05, 4.69) is 38.2 Å². The molecule has 5 nitrogen and oxygen atoms in total. The van der Waals surface area contributed by atoms with Gasteiger partial charge in [0.15, 0.2) is 6.10 Å². The fourth-order valence-corrected chi connectivity index (χ4v) is 4.29. The minimum Gasteiger partial charge on any atom is -0.462 e. The lowest BCUT2D eigenvalue weighted by Gasteiger charge is -2.15. The van der Waals surface area contributed by atoms with Gasteiger partial charge in [0, 0.05) is 12.8 Å². The van der Waals surface area contributed by atoms with Crippen molar-refractivity contribution in [3.8, 4) is 0 Å². The molecule has 0 fully saturated rings. The van der Waals surface area contributed by atoms with Crippen molar-refractivity contribution in [2.45, 2.75) is 161 Å². The van der Waals surface area contributed by atoms with E-state index in [0.717, 1.165) is 51.4 Å². The number of aliphatic hydroxyl groups excluding tert-OH is 1. The highest BCUT2D eigenvalue weighted by atomic mass is 16.6. The molecule has 0 rings (SSSR count). The van der Waals surface area contributed by atoms with E-state index in [4.69, 9.17) is 9.47 Å². The Morgan fingerprint density at radius 2 is 1.05 bits per heavy atom. The van der Waals surface area contributed by atoms with Crippen LogP contribution < -0.4 is 0 Å². The third-order valence-corrected chi connectivity index (χ3v) is 6.75. The van der Waals surface area contributed by atoms with Crippen LogP contribution in [-0.4, -0.2) is 36.4 Å². The molecule has 0 radical (unpaired) electrons. The van der Waals surface area contributed by atoms with Crippen LogP contribution in [0, 0.1) is 0 Å². The van der Waals surface area contributed by atoms with Crippen molar-refractivity contribution in [1.29, 1.82) is 0 Å². The molecule has 0 spiro atoms. The number of hydrogen-bond acceptors (Lipinski definition) is 5. The summed E-state index contributed by atoms with van der Waals surface area (Å²) in [6.45, 7) is 4.06. The number of carbonyl (C=O) groups is 2. The van der Waals surface area contributed by atoms with Gasteiger partial charge in [-0.05, 0) is 44.9 Å². The molecule has 0 aliphatic rings. The second-order valence-corrected chi connectivity index (χ2v) is 10.5. The van der Waals surface area contributed by atoms with Crippen molar-refractivity contribution >= 4 is 11.9 Å². The van der Waals surface area contributed by atoms with Crippen molar-refractivity contribution in [2.75, 3.05) is 13.2 Å². The Morgan fingerprint density at radius 3 is 1.61 bits per heavy atom. The molecule has 1 unspecified atom stereocenters. The van der Waals surface area contributed by atoms with Gasteiger partial charge in [0.25, 0.3) is 0 Å². The first-order chi connectivity index (χ1) is 18.6. The lowest BCUT2D eigenvalue weighted by Crippen LogP contribution is -2.28. The van der Waals surface area contributed by atoms with E-state index in [1.165, 1.54) is 77.0 Å². The molecule has 0 aromatic carbocycles. The number of rotatable bonds is 28. The largest absolute Gasteiger partial charge is 0.462 e. The number of carbonyl (C=O) groups excluding carboxylic acids is 2. The van der Waals surface area contributed by atoms with Gasteiger partial charge in [0.1, 0.15) is 6.61 Å².